The van der Waals surface area contributed by atoms with Crippen LogP contribution in [0.3, 0.4) is 0 Å². The largest absolute Gasteiger partial charge is 0.375 e. The Balaban J connectivity index is 3.20. The van der Waals surface area contributed by atoms with Gasteiger partial charge >= 0.3 is 0 Å². The van der Waals surface area contributed by atoms with Crippen LogP contribution in [-0.4, -0.2) is 4.98 Å². The van der Waals surface area contributed by atoms with E-state index in [0.29, 0.717) is 5.13 Å². The summed E-state index contributed by atoms with van der Waals surface area (Å²) in [4.78, 5) is 4.76. The number of rotatable bonds is 0. The number of terminal acetylenes is 1. The number of aryl methyl sites for hydroxylation is 1. The summed E-state index contributed by atoms with van der Waals surface area (Å²) >= 11 is 1.34. The molecule has 2 nitrogen and oxygen atoms in total. The third-order valence-corrected chi connectivity index (χ3v) is 1.86. The molecule has 0 unspecified atom stereocenters. The molecule has 46 valence electrons. The van der Waals surface area contributed by atoms with Crippen LogP contribution in [0, 0.1) is 19.3 Å². The number of nitrogens with two attached hydrogens (primary N) is 1. The molecule has 0 bridgehead atoms. The standard InChI is InChI=1S/C6H6N2S/c1-3-5-4(2)8-6(7)9-5/h1H,2H3,(H2,7,8). The number of thiazole rings is 1. The van der Waals surface area contributed by atoms with Gasteiger partial charge in [0.2, 0.25) is 0 Å². The molecule has 1 heterocycles. The Bertz CT molecular complexity index is 257. The Morgan fingerprint density at radius 3 is 2.67 bits per heavy atom. The van der Waals surface area contributed by atoms with Gasteiger partial charge in [0.05, 0.1) is 5.69 Å². The predicted molar refractivity (Wildman–Crippen MR) is 39.2 cm³/mol. The Morgan fingerprint density at radius 2 is 2.44 bits per heavy atom. The minimum absolute atomic E-state index is 0.542. The van der Waals surface area contributed by atoms with Crippen LogP contribution < -0.4 is 5.73 Å². The third kappa shape index (κ3) is 1.03. The zero-order valence-electron chi connectivity index (χ0n) is 5.01. The van der Waals surface area contributed by atoms with Crippen molar-refractivity contribution in [3.63, 3.8) is 0 Å². The summed E-state index contributed by atoms with van der Waals surface area (Å²) in [6, 6.07) is 0. The van der Waals surface area contributed by atoms with Crippen molar-refractivity contribution in [1.82, 2.24) is 4.98 Å². The maximum Gasteiger partial charge on any atom is 0.181 e. The number of hydrogen-bond acceptors (Lipinski definition) is 3. The zero-order chi connectivity index (χ0) is 6.85. The highest BCUT2D eigenvalue weighted by atomic mass is 32.1. The predicted octanol–water partition coefficient (Wildman–Crippen LogP) is 1.02. The van der Waals surface area contributed by atoms with Gasteiger partial charge in [0.25, 0.3) is 0 Å². The van der Waals surface area contributed by atoms with Crippen LogP contribution in [0.5, 0.6) is 0 Å². The molecule has 3 heteroatoms. The second-order valence-corrected chi connectivity index (χ2v) is 2.64. The zero-order valence-corrected chi connectivity index (χ0v) is 5.83. The van der Waals surface area contributed by atoms with Crippen LogP contribution in [0.2, 0.25) is 0 Å². The van der Waals surface area contributed by atoms with Crippen molar-refractivity contribution < 1.29 is 0 Å². The van der Waals surface area contributed by atoms with Gasteiger partial charge in [0, 0.05) is 0 Å². The fourth-order valence-corrected chi connectivity index (χ4v) is 1.20. The summed E-state index contributed by atoms with van der Waals surface area (Å²) in [6.07, 6.45) is 5.13. The van der Waals surface area contributed by atoms with E-state index in [0.717, 1.165) is 10.6 Å². The highest BCUT2D eigenvalue weighted by Crippen LogP contribution is 2.17. The Labute approximate surface area is 57.7 Å². The first-order valence-corrected chi connectivity index (χ1v) is 3.25. The molecule has 0 fully saturated rings. The maximum absolute atomic E-state index is 5.37. The van der Waals surface area contributed by atoms with Gasteiger partial charge in [-0.2, -0.15) is 0 Å². The molecule has 0 aromatic carbocycles. The van der Waals surface area contributed by atoms with Crippen LogP contribution in [0.15, 0.2) is 0 Å². The Hall–Kier alpha value is -1.01. The highest BCUT2D eigenvalue weighted by Gasteiger charge is 1.99. The van der Waals surface area contributed by atoms with E-state index in [4.69, 9.17) is 12.2 Å². The first-order valence-electron chi connectivity index (χ1n) is 2.43. The van der Waals surface area contributed by atoms with E-state index < -0.39 is 0 Å². The smallest absolute Gasteiger partial charge is 0.181 e. The van der Waals surface area contributed by atoms with Crippen LogP contribution in [-0.2, 0) is 0 Å². The molecule has 1 aromatic heterocycles. The topological polar surface area (TPSA) is 38.9 Å². The first-order chi connectivity index (χ1) is 4.24. The van der Waals surface area contributed by atoms with E-state index in [1.807, 2.05) is 6.92 Å². The molecule has 2 N–H and O–H groups in total. The van der Waals surface area contributed by atoms with E-state index in [2.05, 4.69) is 10.9 Å². The molecule has 0 radical (unpaired) electrons. The molecular weight excluding hydrogens is 132 g/mol. The van der Waals surface area contributed by atoms with Crippen molar-refractivity contribution in [2.45, 2.75) is 6.92 Å². The van der Waals surface area contributed by atoms with E-state index >= 15 is 0 Å². The average molecular weight is 138 g/mol. The van der Waals surface area contributed by atoms with E-state index in [-0.39, 0.29) is 0 Å². The molecule has 0 atom stereocenters. The molecule has 1 rings (SSSR count). The lowest BCUT2D eigenvalue weighted by Crippen LogP contribution is -1.80. The van der Waals surface area contributed by atoms with Crippen molar-refractivity contribution >= 4 is 16.5 Å². The van der Waals surface area contributed by atoms with Gasteiger partial charge in [-0.1, -0.05) is 17.3 Å². The van der Waals surface area contributed by atoms with Crippen molar-refractivity contribution in [3.8, 4) is 12.3 Å². The highest BCUT2D eigenvalue weighted by molar-refractivity contribution is 7.16. The molecule has 0 aliphatic carbocycles. The lowest BCUT2D eigenvalue weighted by atomic mass is 10.4. The normalized spacial score (nSPS) is 8.89. The lowest BCUT2D eigenvalue weighted by Gasteiger charge is -1.77. The van der Waals surface area contributed by atoms with Gasteiger partial charge in [-0.25, -0.2) is 4.98 Å². The lowest BCUT2D eigenvalue weighted by molar-refractivity contribution is 1.26. The average Bonchev–Trinajstić information content (AvgIpc) is 2.10. The molecular formula is C6H6N2S. The molecule has 0 saturated carbocycles. The Kier molecular flexibility index (Phi) is 1.41. The molecule has 0 aliphatic rings. The molecule has 1 aromatic rings. The number of nitrogens with zero attached hydrogens (tertiary/aromatic N) is 1. The third-order valence-electron chi connectivity index (χ3n) is 0.944. The van der Waals surface area contributed by atoms with Gasteiger partial charge in [-0.05, 0) is 6.92 Å². The van der Waals surface area contributed by atoms with Crippen LogP contribution in [0.1, 0.15) is 10.6 Å². The summed E-state index contributed by atoms with van der Waals surface area (Å²) in [7, 11) is 0. The number of aromatic nitrogens is 1. The summed E-state index contributed by atoms with van der Waals surface area (Å²) in [5.41, 5.74) is 6.21. The molecule has 9 heavy (non-hydrogen) atoms. The van der Waals surface area contributed by atoms with E-state index in [9.17, 15) is 0 Å². The number of anilines is 1. The fraction of sp³-hybridized carbons (Fsp3) is 0.167. The van der Waals surface area contributed by atoms with Crippen molar-refractivity contribution in [3.05, 3.63) is 10.6 Å². The number of nitrogen functional groups attached to an aromatic ring is 1. The van der Waals surface area contributed by atoms with Crippen molar-refractivity contribution in [2.24, 2.45) is 0 Å². The van der Waals surface area contributed by atoms with Gasteiger partial charge in [-0.15, -0.1) is 6.42 Å². The molecule has 0 saturated heterocycles. The van der Waals surface area contributed by atoms with Crippen molar-refractivity contribution in [1.29, 1.82) is 0 Å². The summed E-state index contributed by atoms with van der Waals surface area (Å²) in [5.74, 6) is 2.49. The minimum atomic E-state index is 0.542. The quantitative estimate of drug-likeness (QED) is 0.543. The number of hydrogen-bond donors (Lipinski definition) is 1. The maximum atomic E-state index is 5.37. The van der Waals surface area contributed by atoms with E-state index in [1.165, 1.54) is 11.3 Å². The van der Waals surface area contributed by atoms with Gasteiger partial charge in [0.1, 0.15) is 4.88 Å². The molecule has 0 aliphatic heterocycles. The summed E-state index contributed by atoms with van der Waals surface area (Å²) in [6.45, 7) is 1.85. The van der Waals surface area contributed by atoms with Gasteiger partial charge in [0.15, 0.2) is 5.13 Å². The van der Waals surface area contributed by atoms with Crippen LogP contribution >= 0.6 is 11.3 Å². The fourth-order valence-electron chi connectivity index (χ4n) is 0.551. The molecule has 0 amide bonds. The van der Waals surface area contributed by atoms with Gasteiger partial charge < -0.3 is 5.73 Å². The van der Waals surface area contributed by atoms with Crippen LogP contribution in [0.25, 0.3) is 0 Å². The first kappa shape index (κ1) is 6.12. The second-order valence-electron chi connectivity index (χ2n) is 1.61. The SMILES string of the molecule is C#Cc1sc(N)nc1C. The molecule has 0 spiro atoms. The summed E-state index contributed by atoms with van der Waals surface area (Å²) in [5, 5.41) is 0.542. The summed E-state index contributed by atoms with van der Waals surface area (Å²) < 4.78 is 0. The van der Waals surface area contributed by atoms with Crippen molar-refractivity contribution in [2.75, 3.05) is 5.73 Å². The van der Waals surface area contributed by atoms with Gasteiger partial charge in [-0.3, -0.25) is 0 Å². The minimum Gasteiger partial charge on any atom is -0.375 e. The Morgan fingerprint density at radius 1 is 1.78 bits per heavy atom. The van der Waals surface area contributed by atoms with Crippen LogP contribution in [0.4, 0.5) is 5.13 Å². The second kappa shape index (κ2) is 2.08. The van der Waals surface area contributed by atoms with E-state index in [1.54, 1.807) is 0 Å². The monoisotopic (exact) mass is 138 g/mol.